The third-order valence-corrected chi connectivity index (χ3v) is 8.21. The molecule has 0 unspecified atom stereocenters. The summed E-state index contributed by atoms with van der Waals surface area (Å²) >= 11 is 0. The molecule has 0 nitrogen and oxygen atoms in total. The Labute approximate surface area is 226 Å². The van der Waals surface area contributed by atoms with Crippen molar-refractivity contribution in [2.24, 2.45) is 0 Å². The van der Waals surface area contributed by atoms with Gasteiger partial charge in [0.05, 0.1) is 0 Å². The van der Waals surface area contributed by atoms with E-state index in [9.17, 15) is 0 Å². The standard InChI is InChI=1S/C38H34/c1-23-15-17-31(25(3)19-23)35-21-29-11-7-9-13-33(29)37(27(35)5)38-28(6)36(22-30-12-8-10-14-34(30)38)32-18-16-24(2)20-26(32)4/h7-22H,1-6H3. The zero-order valence-electron chi connectivity index (χ0n) is 23.2. The maximum absolute atomic E-state index is 2.39. The van der Waals surface area contributed by atoms with Crippen LogP contribution in [0.15, 0.2) is 97.1 Å². The molecule has 0 saturated heterocycles. The summed E-state index contributed by atoms with van der Waals surface area (Å²) in [6.07, 6.45) is 0. The average molecular weight is 491 g/mol. The smallest absolute Gasteiger partial charge is 0.00608 e. The van der Waals surface area contributed by atoms with Crippen molar-refractivity contribution < 1.29 is 0 Å². The lowest BCUT2D eigenvalue weighted by atomic mass is 9.81. The van der Waals surface area contributed by atoms with E-state index in [2.05, 4.69) is 139 Å². The molecule has 0 spiro atoms. The van der Waals surface area contributed by atoms with Crippen LogP contribution in [0.3, 0.4) is 0 Å². The highest BCUT2D eigenvalue weighted by molar-refractivity contribution is 6.11. The minimum absolute atomic E-state index is 1.28. The van der Waals surface area contributed by atoms with E-state index in [4.69, 9.17) is 0 Å². The topological polar surface area (TPSA) is 0 Å². The van der Waals surface area contributed by atoms with Gasteiger partial charge in [0.15, 0.2) is 0 Å². The van der Waals surface area contributed by atoms with Crippen LogP contribution >= 0.6 is 0 Å². The summed E-state index contributed by atoms with van der Waals surface area (Å²) in [5, 5.41) is 5.18. The lowest BCUT2D eigenvalue weighted by Crippen LogP contribution is -1.98. The number of hydrogen-bond acceptors (Lipinski definition) is 0. The van der Waals surface area contributed by atoms with Crippen LogP contribution in [0.25, 0.3) is 54.9 Å². The van der Waals surface area contributed by atoms with Crippen molar-refractivity contribution in [2.75, 3.05) is 0 Å². The van der Waals surface area contributed by atoms with Crippen LogP contribution in [0.2, 0.25) is 0 Å². The Morgan fingerprint density at radius 2 is 0.763 bits per heavy atom. The molecule has 0 aliphatic heterocycles. The van der Waals surface area contributed by atoms with Gasteiger partial charge in [-0.05, 0) is 131 Å². The second kappa shape index (κ2) is 9.30. The summed E-state index contributed by atoms with van der Waals surface area (Å²) in [5.74, 6) is 0. The van der Waals surface area contributed by atoms with Gasteiger partial charge in [0.1, 0.15) is 0 Å². The number of benzene rings is 6. The summed E-state index contributed by atoms with van der Waals surface area (Å²) in [6.45, 7) is 13.4. The van der Waals surface area contributed by atoms with E-state index in [1.807, 2.05) is 0 Å². The van der Waals surface area contributed by atoms with Crippen LogP contribution in [0.1, 0.15) is 33.4 Å². The van der Waals surface area contributed by atoms with E-state index < -0.39 is 0 Å². The van der Waals surface area contributed by atoms with Crippen LogP contribution in [-0.2, 0) is 0 Å². The van der Waals surface area contributed by atoms with Crippen molar-refractivity contribution >= 4 is 21.5 Å². The van der Waals surface area contributed by atoms with E-state index in [-0.39, 0.29) is 0 Å². The third-order valence-electron chi connectivity index (χ3n) is 8.21. The van der Waals surface area contributed by atoms with Gasteiger partial charge >= 0.3 is 0 Å². The van der Waals surface area contributed by atoms with Gasteiger partial charge in [-0.2, -0.15) is 0 Å². The predicted octanol–water partition coefficient (Wildman–Crippen LogP) is 10.8. The SMILES string of the molecule is Cc1ccc(-c2cc3ccccc3c(-c3c(C)c(-c4ccc(C)cc4C)cc4ccccc34)c2C)c(C)c1. The van der Waals surface area contributed by atoms with E-state index in [0.717, 1.165) is 0 Å². The molecule has 0 aliphatic carbocycles. The van der Waals surface area contributed by atoms with Crippen molar-refractivity contribution in [3.05, 3.63) is 130 Å². The van der Waals surface area contributed by atoms with Gasteiger partial charge in [0.25, 0.3) is 0 Å². The largest absolute Gasteiger partial charge is 0.0616 e. The molecular formula is C38H34. The molecule has 6 aromatic carbocycles. The van der Waals surface area contributed by atoms with Crippen LogP contribution in [-0.4, -0.2) is 0 Å². The van der Waals surface area contributed by atoms with E-state index in [1.165, 1.54) is 88.3 Å². The first-order valence-corrected chi connectivity index (χ1v) is 13.5. The van der Waals surface area contributed by atoms with Crippen molar-refractivity contribution in [3.63, 3.8) is 0 Å². The molecule has 0 atom stereocenters. The molecule has 6 aromatic rings. The number of rotatable bonds is 3. The quantitative estimate of drug-likeness (QED) is 0.231. The lowest BCUT2D eigenvalue weighted by molar-refractivity contribution is 1.36. The summed E-state index contributed by atoms with van der Waals surface area (Å²) in [4.78, 5) is 0. The fraction of sp³-hybridized carbons (Fsp3) is 0.158. The van der Waals surface area contributed by atoms with Crippen LogP contribution in [0.5, 0.6) is 0 Å². The zero-order valence-corrected chi connectivity index (χ0v) is 23.2. The summed E-state index contributed by atoms with van der Waals surface area (Å²) < 4.78 is 0. The van der Waals surface area contributed by atoms with Crippen LogP contribution in [0, 0.1) is 41.5 Å². The Balaban J connectivity index is 1.77. The maximum atomic E-state index is 2.39. The molecule has 0 bridgehead atoms. The van der Waals surface area contributed by atoms with Gasteiger partial charge in [-0.15, -0.1) is 0 Å². The van der Waals surface area contributed by atoms with E-state index >= 15 is 0 Å². The Kier molecular flexibility index (Phi) is 5.92. The summed E-state index contributed by atoms with van der Waals surface area (Å²) in [6, 6.07) is 36.2. The predicted molar refractivity (Wildman–Crippen MR) is 166 cm³/mol. The highest BCUT2D eigenvalue weighted by Crippen LogP contribution is 2.46. The molecule has 38 heavy (non-hydrogen) atoms. The van der Waals surface area contributed by atoms with Gasteiger partial charge in [-0.3, -0.25) is 0 Å². The molecule has 6 rings (SSSR count). The third kappa shape index (κ3) is 3.92. The first-order valence-electron chi connectivity index (χ1n) is 13.5. The van der Waals surface area contributed by atoms with Gasteiger partial charge in [-0.25, -0.2) is 0 Å². The molecular weight excluding hydrogens is 456 g/mol. The van der Waals surface area contributed by atoms with Crippen molar-refractivity contribution in [3.8, 4) is 33.4 Å². The van der Waals surface area contributed by atoms with Crippen molar-refractivity contribution in [1.29, 1.82) is 0 Å². The van der Waals surface area contributed by atoms with Crippen molar-refractivity contribution in [1.82, 2.24) is 0 Å². The molecule has 0 fully saturated rings. The maximum Gasteiger partial charge on any atom is -0.00608 e. The average Bonchev–Trinajstić information content (AvgIpc) is 2.89. The molecule has 0 aromatic heterocycles. The first kappa shape index (κ1) is 24.2. The number of fused-ring (bicyclic) bond motifs is 2. The molecule has 0 radical (unpaired) electrons. The fourth-order valence-corrected chi connectivity index (χ4v) is 6.34. The molecule has 0 amide bonds. The van der Waals surface area contributed by atoms with E-state index in [1.54, 1.807) is 0 Å². The highest BCUT2D eigenvalue weighted by Gasteiger charge is 2.20. The summed E-state index contributed by atoms with van der Waals surface area (Å²) in [7, 11) is 0. The van der Waals surface area contributed by atoms with Crippen LogP contribution in [0.4, 0.5) is 0 Å². The Morgan fingerprint density at radius 1 is 0.368 bits per heavy atom. The molecule has 0 N–H and O–H groups in total. The monoisotopic (exact) mass is 490 g/mol. The second-order valence-electron chi connectivity index (χ2n) is 10.9. The number of aryl methyl sites for hydroxylation is 4. The zero-order chi connectivity index (χ0) is 26.6. The molecule has 0 saturated carbocycles. The summed E-state index contributed by atoms with van der Waals surface area (Å²) in [5.41, 5.74) is 15.9. The molecule has 0 heterocycles. The van der Waals surface area contributed by atoms with Gasteiger partial charge < -0.3 is 0 Å². The van der Waals surface area contributed by atoms with Gasteiger partial charge in [0.2, 0.25) is 0 Å². The van der Waals surface area contributed by atoms with Crippen molar-refractivity contribution in [2.45, 2.75) is 41.5 Å². The second-order valence-corrected chi connectivity index (χ2v) is 10.9. The normalized spacial score (nSPS) is 11.4. The lowest BCUT2D eigenvalue weighted by Gasteiger charge is -2.22. The van der Waals surface area contributed by atoms with Crippen LogP contribution < -0.4 is 0 Å². The Bertz CT molecular complexity index is 1730. The highest BCUT2D eigenvalue weighted by atomic mass is 14.2. The minimum atomic E-state index is 1.28. The van der Waals surface area contributed by atoms with Gasteiger partial charge in [-0.1, -0.05) is 96.1 Å². The molecule has 0 heteroatoms. The molecule has 0 aliphatic rings. The fourth-order valence-electron chi connectivity index (χ4n) is 6.34. The molecule has 186 valence electrons. The first-order chi connectivity index (χ1) is 18.3. The van der Waals surface area contributed by atoms with Gasteiger partial charge in [0, 0.05) is 0 Å². The van der Waals surface area contributed by atoms with E-state index in [0.29, 0.717) is 0 Å². The minimum Gasteiger partial charge on any atom is -0.0616 e. The number of hydrogen-bond donors (Lipinski definition) is 0. The Hall–Kier alpha value is -4.16. The Morgan fingerprint density at radius 3 is 1.16 bits per heavy atom.